The number of carboxylic acid groups (broad SMARTS) is 1. The lowest BCUT2D eigenvalue weighted by Gasteiger charge is -2.01. The Morgan fingerprint density at radius 2 is 1.56 bits per heavy atom. The quantitative estimate of drug-likeness (QED) is 0.265. The van der Waals surface area contributed by atoms with E-state index >= 15 is 0 Å². The van der Waals surface area contributed by atoms with Gasteiger partial charge in [0.25, 0.3) is 0 Å². The molecule has 0 rings (SSSR count). The smallest absolute Gasteiger partial charge is 0.310 e. The molecule has 0 aromatic carbocycles. The van der Waals surface area contributed by atoms with Gasteiger partial charge in [-0.15, -0.1) is 0 Å². The molecule has 1 N–H and O–H groups in total. The van der Waals surface area contributed by atoms with E-state index in [0.717, 1.165) is 38.5 Å². The van der Waals surface area contributed by atoms with Gasteiger partial charge in [-0.1, -0.05) is 38.3 Å². The zero-order chi connectivity index (χ0) is 13.6. The Balaban J connectivity index is 3.24. The summed E-state index contributed by atoms with van der Waals surface area (Å²) in [6.45, 7) is 3.46. The van der Waals surface area contributed by atoms with Crippen LogP contribution in [0, 0.1) is 0 Å². The minimum Gasteiger partial charge on any atom is -0.481 e. The van der Waals surface area contributed by atoms with Crippen molar-refractivity contribution in [2.45, 2.75) is 51.4 Å². The summed E-state index contributed by atoms with van der Waals surface area (Å²) in [7, 11) is 0. The highest BCUT2D eigenvalue weighted by Gasteiger charge is 2.00. The van der Waals surface area contributed by atoms with Gasteiger partial charge in [-0.3, -0.25) is 9.59 Å². The average Bonchev–Trinajstić information content (AvgIpc) is 2.32. The fourth-order valence-electron chi connectivity index (χ4n) is 1.48. The van der Waals surface area contributed by atoms with E-state index in [-0.39, 0.29) is 12.4 Å². The van der Waals surface area contributed by atoms with Crippen molar-refractivity contribution in [3.8, 4) is 0 Å². The molecule has 4 nitrogen and oxygen atoms in total. The van der Waals surface area contributed by atoms with Crippen molar-refractivity contribution < 1.29 is 19.4 Å². The molecule has 0 unspecified atom stereocenters. The van der Waals surface area contributed by atoms with Crippen molar-refractivity contribution in [1.29, 1.82) is 0 Å². The van der Waals surface area contributed by atoms with Crippen molar-refractivity contribution in [1.82, 2.24) is 0 Å². The van der Waals surface area contributed by atoms with Gasteiger partial charge >= 0.3 is 11.9 Å². The molecule has 0 atom stereocenters. The van der Waals surface area contributed by atoms with E-state index < -0.39 is 5.97 Å². The van der Waals surface area contributed by atoms with E-state index in [0.29, 0.717) is 6.42 Å². The Labute approximate surface area is 108 Å². The zero-order valence-corrected chi connectivity index (χ0v) is 10.8. The summed E-state index contributed by atoms with van der Waals surface area (Å²) in [6.07, 6.45) is 10.7. The normalized spacial score (nSPS) is 10.4. The number of rotatable bonds is 11. The third-order valence-electron chi connectivity index (χ3n) is 2.44. The third-order valence-corrected chi connectivity index (χ3v) is 2.44. The molecule has 4 heteroatoms. The molecule has 0 aliphatic heterocycles. The van der Waals surface area contributed by atoms with Crippen LogP contribution in [0.2, 0.25) is 0 Å². The van der Waals surface area contributed by atoms with E-state index in [4.69, 9.17) is 9.84 Å². The van der Waals surface area contributed by atoms with Crippen LogP contribution in [0.15, 0.2) is 25.0 Å². The molecule has 0 heterocycles. The number of carboxylic acids is 1. The molecule has 102 valence electrons. The lowest BCUT2D eigenvalue weighted by Crippen LogP contribution is -1.98. The number of hydrogen-bond acceptors (Lipinski definition) is 3. The summed E-state index contributed by atoms with van der Waals surface area (Å²) in [4.78, 5) is 21.4. The maximum atomic E-state index is 11.2. The first-order valence-corrected chi connectivity index (χ1v) is 6.35. The van der Waals surface area contributed by atoms with Crippen LogP contribution in [-0.2, 0) is 14.3 Å². The number of allylic oxidation sites excluding steroid dienone is 2. The van der Waals surface area contributed by atoms with E-state index in [2.05, 4.69) is 6.58 Å². The predicted octanol–water partition coefficient (Wildman–Crippen LogP) is 3.43. The van der Waals surface area contributed by atoms with Gasteiger partial charge in [0.05, 0.1) is 6.26 Å². The first kappa shape index (κ1) is 16.4. The maximum absolute atomic E-state index is 11.2. The molecule has 0 fully saturated rings. The van der Waals surface area contributed by atoms with E-state index in [1.54, 1.807) is 12.2 Å². The van der Waals surface area contributed by atoms with E-state index in [1.807, 2.05) is 0 Å². The Hall–Kier alpha value is -1.58. The minimum atomic E-state index is -0.731. The van der Waals surface area contributed by atoms with Crippen molar-refractivity contribution >= 4 is 11.9 Å². The second-order valence-electron chi connectivity index (χ2n) is 4.07. The zero-order valence-electron chi connectivity index (χ0n) is 10.8. The SMILES string of the molecule is C=CC=COC(=O)CCCCCCCCC(=O)O. The fourth-order valence-corrected chi connectivity index (χ4v) is 1.48. The average molecular weight is 254 g/mol. The van der Waals surface area contributed by atoms with Crippen LogP contribution in [0.1, 0.15) is 51.4 Å². The first-order chi connectivity index (χ1) is 8.66. The van der Waals surface area contributed by atoms with Gasteiger partial charge in [-0.05, 0) is 18.9 Å². The Morgan fingerprint density at radius 1 is 1.00 bits per heavy atom. The van der Waals surface area contributed by atoms with Crippen molar-refractivity contribution in [2.24, 2.45) is 0 Å². The van der Waals surface area contributed by atoms with Crippen LogP contribution >= 0.6 is 0 Å². The number of unbranched alkanes of at least 4 members (excludes halogenated alkanes) is 5. The molecule has 0 aliphatic carbocycles. The summed E-state index contributed by atoms with van der Waals surface area (Å²) >= 11 is 0. The topological polar surface area (TPSA) is 63.6 Å². The van der Waals surface area contributed by atoms with Crippen LogP contribution in [-0.4, -0.2) is 17.0 Å². The lowest BCUT2D eigenvalue weighted by atomic mass is 10.1. The second-order valence-corrected chi connectivity index (χ2v) is 4.07. The van der Waals surface area contributed by atoms with Gasteiger partial charge < -0.3 is 9.84 Å². The van der Waals surface area contributed by atoms with E-state index in [9.17, 15) is 9.59 Å². The van der Waals surface area contributed by atoms with Gasteiger partial charge in [-0.25, -0.2) is 0 Å². The highest BCUT2D eigenvalue weighted by molar-refractivity contribution is 5.69. The number of aliphatic carboxylic acids is 1. The number of esters is 1. The minimum absolute atomic E-state index is 0.223. The Morgan fingerprint density at radius 3 is 2.11 bits per heavy atom. The summed E-state index contributed by atoms with van der Waals surface area (Å²) < 4.78 is 4.80. The van der Waals surface area contributed by atoms with Gasteiger partial charge in [0.15, 0.2) is 0 Å². The largest absolute Gasteiger partial charge is 0.481 e. The molecule has 0 amide bonds. The van der Waals surface area contributed by atoms with Crippen LogP contribution in [0.25, 0.3) is 0 Å². The summed E-state index contributed by atoms with van der Waals surface area (Å²) in [5.74, 6) is -0.954. The number of ether oxygens (including phenoxy) is 1. The standard InChI is InChI=1S/C14H22O4/c1-2-3-12-18-14(17)11-9-7-5-4-6-8-10-13(15)16/h2-3,12H,1,4-11H2,(H,15,16). The molecule has 0 aromatic heterocycles. The van der Waals surface area contributed by atoms with E-state index in [1.165, 1.54) is 6.26 Å². The number of carbonyl (C=O) groups is 2. The number of carbonyl (C=O) groups excluding carboxylic acids is 1. The fraction of sp³-hybridized carbons (Fsp3) is 0.571. The molecule has 18 heavy (non-hydrogen) atoms. The van der Waals surface area contributed by atoms with Gasteiger partial charge in [-0.2, -0.15) is 0 Å². The monoisotopic (exact) mass is 254 g/mol. The van der Waals surface area contributed by atoms with Crippen molar-refractivity contribution in [3.05, 3.63) is 25.0 Å². The van der Waals surface area contributed by atoms with Gasteiger partial charge in [0.2, 0.25) is 0 Å². The molecule has 0 spiro atoms. The van der Waals surface area contributed by atoms with Crippen LogP contribution in [0.4, 0.5) is 0 Å². The molecule has 0 saturated heterocycles. The predicted molar refractivity (Wildman–Crippen MR) is 70.0 cm³/mol. The second kappa shape index (κ2) is 11.9. The molecule has 0 radical (unpaired) electrons. The molecule has 0 saturated carbocycles. The molecule has 0 aliphatic rings. The molecular weight excluding hydrogens is 232 g/mol. The van der Waals surface area contributed by atoms with Crippen LogP contribution in [0.5, 0.6) is 0 Å². The van der Waals surface area contributed by atoms with Crippen molar-refractivity contribution in [2.75, 3.05) is 0 Å². The summed E-state index contributed by atoms with van der Waals surface area (Å²) in [5.41, 5.74) is 0. The van der Waals surface area contributed by atoms with Gasteiger partial charge in [0, 0.05) is 12.8 Å². The highest BCUT2D eigenvalue weighted by atomic mass is 16.5. The van der Waals surface area contributed by atoms with Crippen molar-refractivity contribution in [3.63, 3.8) is 0 Å². The molecule has 0 bridgehead atoms. The highest BCUT2D eigenvalue weighted by Crippen LogP contribution is 2.09. The van der Waals surface area contributed by atoms with Crippen LogP contribution in [0.3, 0.4) is 0 Å². The Kier molecular flexibility index (Phi) is 10.8. The Bertz CT molecular complexity index is 282. The third kappa shape index (κ3) is 12.5. The maximum Gasteiger partial charge on any atom is 0.310 e. The summed E-state index contributed by atoms with van der Waals surface area (Å²) in [6, 6.07) is 0. The summed E-state index contributed by atoms with van der Waals surface area (Å²) in [5, 5.41) is 8.44. The van der Waals surface area contributed by atoms with Crippen LogP contribution < -0.4 is 0 Å². The first-order valence-electron chi connectivity index (χ1n) is 6.35. The van der Waals surface area contributed by atoms with Gasteiger partial charge in [0.1, 0.15) is 0 Å². The molecular formula is C14H22O4. The number of hydrogen-bond donors (Lipinski definition) is 1. The molecule has 0 aromatic rings. The lowest BCUT2D eigenvalue weighted by molar-refractivity contribution is -0.138.